The molecule has 0 unspecified atom stereocenters. The van der Waals surface area contributed by atoms with Crippen molar-refractivity contribution >= 4 is 39.9 Å². The van der Waals surface area contributed by atoms with Crippen molar-refractivity contribution in [3.63, 3.8) is 0 Å². The van der Waals surface area contributed by atoms with E-state index in [0.29, 0.717) is 41.8 Å². The first kappa shape index (κ1) is 22.3. The molecule has 1 aromatic heterocycles. The number of aromatic nitrogens is 1. The topological polar surface area (TPSA) is 71.5 Å². The molecule has 2 amide bonds. The van der Waals surface area contributed by atoms with Crippen LogP contribution in [0.3, 0.4) is 0 Å². The predicted octanol–water partition coefficient (Wildman–Crippen LogP) is 5.03. The summed E-state index contributed by atoms with van der Waals surface area (Å²) in [5, 5.41) is 5.86. The van der Waals surface area contributed by atoms with Gasteiger partial charge in [-0.25, -0.2) is 4.98 Å². The molecule has 0 aliphatic carbocycles. The summed E-state index contributed by atoms with van der Waals surface area (Å²) in [5.41, 5.74) is 2.94. The van der Waals surface area contributed by atoms with Gasteiger partial charge >= 0.3 is 0 Å². The summed E-state index contributed by atoms with van der Waals surface area (Å²) < 4.78 is 5.69. The highest BCUT2D eigenvalue weighted by Gasteiger charge is 2.28. The Balaban J connectivity index is 1.26. The molecule has 0 atom stereocenters. The van der Waals surface area contributed by atoms with Gasteiger partial charge in [0.25, 0.3) is 5.91 Å². The molecule has 6 nitrogen and oxygen atoms in total. The van der Waals surface area contributed by atoms with Crippen molar-refractivity contribution in [2.24, 2.45) is 5.92 Å². The zero-order valence-corrected chi connectivity index (χ0v) is 19.3. The molecule has 1 aliphatic rings. The number of likely N-dealkylation sites (tertiary alicyclic amines) is 1. The van der Waals surface area contributed by atoms with Crippen molar-refractivity contribution in [3.05, 3.63) is 64.6 Å². The van der Waals surface area contributed by atoms with Crippen LogP contribution in [0.1, 0.15) is 18.5 Å². The van der Waals surface area contributed by atoms with E-state index in [0.717, 1.165) is 16.8 Å². The van der Waals surface area contributed by atoms with Gasteiger partial charge in [0, 0.05) is 24.4 Å². The zero-order chi connectivity index (χ0) is 22.5. The standard InChI is InChI=1S/C24H24ClN3O3S/c1-16-15-32-24(26-16)27-23(30)18-9-11-28(12-10-18)22(29)14-31-21-8-7-19(13-20(21)25)17-5-3-2-4-6-17/h2-8,13,15,18H,9-12,14H2,1H3,(H,26,27,30). The lowest BCUT2D eigenvalue weighted by Gasteiger charge is -2.31. The molecule has 1 aliphatic heterocycles. The van der Waals surface area contributed by atoms with Crippen LogP contribution in [0.2, 0.25) is 5.02 Å². The molecule has 1 saturated heterocycles. The van der Waals surface area contributed by atoms with Gasteiger partial charge in [-0.3, -0.25) is 9.59 Å². The second kappa shape index (κ2) is 10.1. The number of thiazole rings is 1. The van der Waals surface area contributed by atoms with Gasteiger partial charge in [0.1, 0.15) is 5.75 Å². The average molecular weight is 470 g/mol. The van der Waals surface area contributed by atoms with E-state index in [-0.39, 0.29) is 24.3 Å². The number of benzene rings is 2. The fourth-order valence-corrected chi connectivity index (χ4v) is 4.59. The Labute approximate surface area is 196 Å². The number of amides is 2. The molecule has 2 aromatic carbocycles. The van der Waals surface area contributed by atoms with E-state index in [1.165, 1.54) is 11.3 Å². The smallest absolute Gasteiger partial charge is 0.260 e. The highest BCUT2D eigenvalue weighted by molar-refractivity contribution is 7.13. The van der Waals surface area contributed by atoms with E-state index in [2.05, 4.69) is 10.3 Å². The maximum atomic E-state index is 12.6. The molecule has 1 fully saturated rings. The first-order valence-corrected chi connectivity index (χ1v) is 11.7. The summed E-state index contributed by atoms with van der Waals surface area (Å²) in [6, 6.07) is 15.5. The number of nitrogens with one attached hydrogen (secondary N) is 1. The Hall–Kier alpha value is -2.90. The molecule has 2 heterocycles. The van der Waals surface area contributed by atoms with Crippen LogP contribution in [0.5, 0.6) is 5.75 Å². The average Bonchev–Trinajstić information content (AvgIpc) is 3.23. The Morgan fingerprint density at radius 1 is 1.16 bits per heavy atom. The maximum Gasteiger partial charge on any atom is 0.260 e. The lowest BCUT2D eigenvalue weighted by Crippen LogP contribution is -2.43. The SMILES string of the molecule is Cc1csc(NC(=O)C2CCN(C(=O)COc3ccc(-c4ccccc4)cc3Cl)CC2)n1. The third kappa shape index (κ3) is 5.47. The maximum absolute atomic E-state index is 12.6. The highest BCUT2D eigenvalue weighted by atomic mass is 35.5. The first-order chi connectivity index (χ1) is 15.5. The molecule has 32 heavy (non-hydrogen) atoms. The van der Waals surface area contributed by atoms with Crippen LogP contribution in [0.4, 0.5) is 5.13 Å². The van der Waals surface area contributed by atoms with Gasteiger partial charge in [-0.05, 0) is 43.0 Å². The van der Waals surface area contributed by atoms with Crippen LogP contribution in [0.25, 0.3) is 11.1 Å². The number of carbonyl (C=O) groups excluding carboxylic acids is 2. The Morgan fingerprint density at radius 3 is 2.56 bits per heavy atom. The highest BCUT2D eigenvalue weighted by Crippen LogP contribution is 2.30. The number of nitrogens with zero attached hydrogens (tertiary/aromatic N) is 2. The fraction of sp³-hybridized carbons (Fsp3) is 0.292. The third-order valence-corrected chi connectivity index (χ3v) is 6.63. The summed E-state index contributed by atoms with van der Waals surface area (Å²) in [6.45, 7) is 2.86. The van der Waals surface area contributed by atoms with Crippen molar-refractivity contribution in [2.45, 2.75) is 19.8 Å². The first-order valence-electron chi connectivity index (χ1n) is 10.5. The predicted molar refractivity (Wildman–Crippen MR) is 127 cm³/mol. The Morgan fingerprint density at radius 2 is 1.91 bits per heavy atom. The zero-order valence-electron chi connectivity index (χ0n) is 17.7. The molecular formula is C24H24ClN3O3S. The van der Waals surface area contributed by atoms with Gasteiger partial charge in [0.05, 0.1) is 10.7 Å². The molecule has 3 aromatic rings. The largest absolute Gasteiger partial charge is 0.482 e. The molecule has 4 rings (SSSR count). The van der Waals surface area contributed by atoms with E-state index >= 15 is 0 Å². The molecule has 1 N–H and O–H groups in total. The molecular weight excluding hydrogens is 446 g/mol. The lowest BCUT2D eigenvalue weighted by atomic mass is 9.96. The fourth-order valence-electron chi connectivity index (χ4n) is 3.67. The van der Waals surface area contributed by atoms with Gasteiger partial charge < -0.3 is 15.0 Å². The summed E-state index contributed by atoms with van der Waals surface area (Å²) in [6.07, 6.45) is 1.24. The van der Waals surface area contributed by atoms with Crippen LogP contribution >= 0.6 is 22.9 Å². The van der Waals surface area contributed by atoms with Gasteiger partial charge in [-0.2, -0.15) is 0 Å². The summed E-state index contributed by atoms with van der Waals surface area (Å²) >= 11 is 7.79. The van der Waals surface area contributed by atoms with Gasteiger partial charge in [0.2, 0.25) is 5.91 Å². The summed E-state index contributed by atoms with van der Waals surface area (Å²) in [5.74, 6) is 0.215. The van der Waals surface area contributed by atoms with Crippen LogP contribution in [0, 0.1) is 12.8 Å². The second-order valence-corrected chi connectivity index (χ2v) is 9.00. The molecule has 0 spiro atoms. The van der Waals surface area contributed by atoms with Crippen molar-refractivity contribution in [1.29, 1.82) is 0 Å². The Bertz CT molecular complexity index is 1090. The number of piperidine rings is 1. The number of carbonyl (C=O) groups is 2. The van der Waals surface area contributed by atoms with Crippen molar-refractivity contribution in [1.82, 2.24) is 9.88 Å². The lowest BCUT2D eigenvalue weighted by molar-refractivity contribution is -0.136. The van der Waals surface area contributed by atoms with E-state index < -0.39 is 0 Å². The minimum absolute atomic E-state index is 0.0343. The summed E-state index contributed by atoms with van der Waals surface area (Å²) in [4.78, 5) is 31.0. The van der Waals surface area contributed by atoms with E-state index in [1.54, 1.807) is 11.0 Å². The number of hydrogen-bond acceptors (Lipinski definition) is 5. The van der Waals surface area contributed by atoms with Gasteiger partial charge in [-0.1, -0.05) is 48.0 Å². The third-order valence-electron chi connectivity index (χ3n) is 5.46. The monoisotopic (exact) mass is 469 g/mol. The molecule has 0 bridgehead atoms. The number of hydrogen-bond donors (Lipinski definition) is 1. The number of anilines is 1. The van der Waals surface area contributed by atoms with Crippen molar-refractivity contribution in [3.8, 4) is 16.9 Å². The number of rotatable bonds is 6. The number of aryl methyl sites for hydroxylation is 1. The van der Waals surface area contributed by atoms with Crippen LogP contribution < -0.4 is 10.1 Å². The normalized spacial score (nSPS) is 14.2. The van der Waals surface area contributed by atoms with E-state index in [1.807, 2.05) is 54.8 Å². The van der Waals surface area contributed by atoms with Crippen molar-refractivity contribution in [2.75, 3.05) is 25.0 Å². The van der Waals surface area contributed by atoms with Crippen molar-refractivity contribution < 1.29 is 14.3 Å². The Kier molecular flexibility index (Phi) is 7.07. The van der Waals surface area contributed by atoms with Crippen LogP contribution in [0.15, 0.2) is 53.9 Å². The minimum Gasteiger partial charge on any atom is -0.482 e. The molecule has 166 valence electrons. The minimum atomic E-state index is -0.121. The van der Waals surface area contributed by atoms with Gasteiger partial charge in [0.15, 0.2) is 11.7 Å². The summed E-state index contributed by atoms with van der Waals surface area (Å²) in [7, 11) is 0. The van der Waals surface area contributed by atoms with E-state index in [9.17, 15) is 9.59 Å². The van der Waals surface area contributed by atoms with Gasteiger partial charge in [-0.15, -0.1) is 11.3 Å². The number of halogens is 1. The molecule has 8 heteroatoms. The van der Waals surface area contributed by atoms with E-state index in [4.69, 9.17) is 16.3 Å². The van der Waals surface area contributed by atoms with Crippen LogP contribution in [-0.2, 0) is 9.59 Å². The number of ether oxygens (including phenoxy) is 1. The van der Waals surface area contributed by atoms with Crippen LogP contribution in [-0.4, -0.2) is 41.4 Å². The second-order valence-electron chi connectivity index (χ2n) is 7.74. The molecule has 0 radical (unpaired) electrons. The quantitative estimate of drug-likeness (QED) is 0.549. The molecule has 0 saturated carbocycles.